The predicted molar refractivity (Wildman–Crippen MR) is 242 cm³/mol. The van der Waals surface area contributed by atoms with Gasteiger partial charge in [-0.05, 0) is 73.0 Å². The number of rotatable bonds is 19. The van der Waals surface area contributed by atoms with Crippen LogP contribution in [0.15, 0.2) is 101 Å². The maximum absolute atomic E-state index is 15.4. The summed E-state index contributed by atoms with van der Waals surface area (Å²) in [6, 6.07) is 22.0. The second-order valence-electron chi connectivity index (χ2n) is 15.7. The summed E-state index contributed by atoms with van der Waals surface area (Å²) in [5.74, 6) is -2.10. The summed E-state index contributed by atoms with van der Waals surface area (Å²) in [6.07, 6.45) is 4.37. The number of pyridine rings is 1. The molecule has 0 saturated carbocycles. The summed E-state index contributed by atoms with van der Waals surface area (Å²) < 4.78 is 29.7. The summed E-state index contributed by atoms with van der Waals surface area (Å²) in [4.78, 5) is 68.7. The second kappa shape index (κ2) is 21.6. The number of anilines is 1. The van der Waals surface area contributed by atoms with Gasteiger partial charge in [0.2, 0.25) is 5.43 Å². The van der Waals surface area contributed by atoms with Gasteiger partial charge in [0.15, 0.2) is 5.78 Å². The number of benzene rings is 3. The first-order chi connectivity index (χ1) is 31.5. The van der Waals surface area contributed by atoms with Gasteiger partial charge in [-0.3, -0.25) is 9.59 Å². The molecule has 4 N–H and O–H groups in total. The number of ketones is 1. The number of carboxylic acids is 1. The Labute approximate surface area is 378 Å². The van der Waals surface area contributed by atoms with Crippen LogP contribution < -0.4 is 21.4 Å². The molecule has 18 heteroatoms. The molecule has 1 unspecified atom stereocenters. The highest BCUT2D eigenvalue weighted by Crippen LogP contribution is 2.28. The monoisotopic (exact) mass is 906 g/mol. The van der Waals surface area contributed by atoms with Crippen molar-refractivity contribution in [1.82, 2.24) is 29.8 Å². The van der Waals surface area contributed by atoms with Crippen LogP contribution in [0.2, 0.25) is 0 Å². The molecule has 2 amide bonds. The number of nitrogens with zero attached hydrogens (tertiary/aromatic N) is 6. The number of aryl methyl sites for hydroxylation is 1. The Morgan fingerprint density at radius 2 is 1.63 bits per heavy atom. The van der Waals surface area contributed by atoms with E-state index in [9.17, 15) is 29.1 Å². The quantitative estimate of drug-likeness (QED) is 0.0731. The van der Waals surface area contributed by atoms with E-state index in [0.717, 1.165) is 34.1 Å². The molecule has 7 rings (SSSR count). The van der Waals surface area contributed by atoms with E-state index in [4.69, 9.17) is 15.2 Å². The molecule has 6 aromatic rings. The van der Waals surface area contributed by atoms with Gasteiger partial charge in [0.1, 0.15) is 36.3 Å². The number of carbonyl (C=O) groups excluding carboxylic acids is 3. The van der Waals surface area contributed by atoms with Crippen molar-refractivity contribution in [3.8, 4) is 0 Å². The number of halogens is 1. The van der Waals surface area contributed by atoms with Gasteiger partial charge in [-0.2, -0.15) is 0 Å². The maximum atomic E-state index is 15.4. The number of thiophene rings is 1. The van der Waals surface area contributed by atoms with E-state index in [1.54, 1.807) is 61.7 Å². The molecule has 3 aromatic carbocycles. The molecule has 0 spiro atoms. The lowest BCUT2D eigenvalue weighted by molar-refractivity contribution is -0.122. The van der Waals surface area contributed by atoms with E-state index in [-0.39, 0.29) is 49.6 Å². The number of aromatic nitrogens is 4. The average Bonchev–Trinajstić information content (AvgIpc) is 4.03. The summed E-state index contributed by atoms with van der Waals surface area (Å²) in [5.41, 5.74) is 8.16. The van der Waals surface area contributed by atoms with E-state index in [1.807, 2.05) is 60.0 Å². The summed E-state index contributed by atoms with van der Waals surface area (Å²) in [6.45, 7) is 3.93. The standard InChI is InChI=1S/C47H51FN8O8S/c1-2-53-27-36(45(59)60)44(58)35-25-37(48)42(26-41(35)53)54-18-20-55(21-19-54)47(62)64-30-33-15-13-31(14-16-33)23-43(57)40(12-6-7-17-49)56-28-39(51-52-56)38(24-34-11-8-22-65-34)50-46(61)63-29-32-9-4-3-5-10-32/h3-5,8-11,13-16,22,25-28,38,40H,2,6-7,12,17-21,23-24,29-30,49H2,1H3,(H,50,61)(H,59,60)/t38?,40-/m0/s1. The van der Waals surface area contributed by atoms with Crippen molar-refractivity contribution in [2.45, 2.75) is 70.9 Å². The number of hydrogen-bond donors (Lipinski definition) is 3. The number of piperazine rings is 1. The van der Waals surface area contributed by atoms with Crippen LogP contribution in [0.5, 0.6) is 0 Å². The Bertz CT molecular complexity index is 2650. The van der Waals surface area contributed by atoms with Gasteiger partial charge in [0, 0.05) is 62.0 Å². The van der Waals surface area contributed by atoms with Gasteiger partial charge < -0.3 is 40.0 Å². The molecule has 3 aromatic heterocycles. The molecule has 16 nitrogen and oxygen atoms in total. The van der Waals surface area contributed by atoms with Gasteiger partial charge >= 0.3 is 18.2 Å². The van der Waals surface area contributed by atoms with Crippen LogP contribution in [0, 0.1) is 5.82 Å². The molecule has 340 valence electrons. The molecule has 1 aliphatic heterocycles. The minimum atomic E-state index is -1.37. The number of ether oxygens (including phenoxy) is 2. The fraction of sp³-hybridized carbons (Fsp3) is 0.340. The van der Waals surface area contributed by atoms with Gasteiger partial charge in [-0.25, -0.2) is 23.5 Å². The van der Waals surface area contributed by atoms with E-state index >= 15 is 4.39 Å². The van der Waals surface area contributed by atoms with E-state index in [2.05, 4.69) is 15.6 Å². The van der Waals surface area contributed by atoms with Gasteiger partial charge in [0.05, 0.1) is 23.4 Å². The summed E-state index contributed by atoms with van der Waals surface area (Å²) in [5, 5.41) is 23.1. The summed E-state index contributed by atoms with van der Waals surface area (Å²) in [7, 11) is 0. The summed E-state index contributed by atoms with van der Waals surface area (Å²) >= 11 is 1.56. The number of carbonyl (C=O) groups is 4. The van der Waals surface area contributed by atoms with Crippen molar-refractivity contribution in [2.24, 2.45) is 5.73 Å². The molecule has 0 bridgehead atoms. The maximum Gasteiger partial charge on any atom is 0.410 e. The number of carboxylic acid groups (broad SMARTS) is 1. The molecule has 1 saturated heterocycles. The molecule has 1 aliphatic rings. The minimum absolute atomic E-state index is 0.00335. The molecular weight excluding hydrogens is 856 g/mol. The van der Waals surface area contributed by atoms with Crippen LogP contribution in [0.25, 0.3) is 10.9 Å². The first-order valence-corrected chi connectivity index (χ1v) is 22.4. The molecule has 65 heavy (non-hydrogen) atoms. The lowest BCUT2D eigenvalue weighted by Gasteiger charge is -2.35. The average molecular weight is 907 g/mol. The van der Waals surface area contributed by atoms with E-state index in [0.29, 0.717) is 56.7 Å². The third-order valence-corrected chi connectivity index (χ3v) is 12.3. The van der Waals surface area contributed by atoms with Crippen LogP contribution in [-0.2, 0) is 46.9 Å². The normalized spacial score (nSPS) is 13.6. The first-order valence-electron chi connectivity index (χ1n) is 21.5. The van der Waals surface area contributed by atoms with Crippen molar-refractivity contribution in [3.63, 3.8) is 0 Å². The minimum Gasteiger partial charge on any atom is -0.477 e. The zero-order chi connectivity index (χ0) is 45.9. The first kappa shape index (κ1) is 46.1. The number of nitrogens with two attached hydrogens (primary N) is 1. The van der Waals surface area contributed by atoms with Crippen LogP contribution in [0.4, 0.5) is 19.7 Å². The molecule has 2 atom stereocenters. The number of amides is 2. The van der Waals surface area contributed by atoms with Crippen LogP contribution >= 0.6 is 11.3 Å². The highest BCUT2D eigenvalue weighted by Gasteiger charge is 2.28. The van der Waals surface area contributed by atoms with Crippen LogP contribution in [0.1, 0.15) is 75.9 Å². The van der Waals surface area contributed by atoms with Crippen molar-refractivity contribution in [2.75, 3.05) is 37.6 Å². The van der Waals surface area contributed by atoms with Gasteiger partial charge in [-0.15, -0.1) is 16.4 Å². The fourth-order valence-corrected chi connectivity index (χ4v) is 8.54. The van der Waals surface area contributed by atoms with E-state index in [1.165, 1.54) is 6.20 Å². The SMILES string of the molecule is CCn1cc(C(=O)O)c(=O)c2cc(F)c(N3CCN(C(=O)OCc4ccc(CC(=O)[C@H](CCCCN)n5cc(C(Cc6cccs6)NC(=O)OCc6ccccc6)nn5)cc4)CC3)cc21. The Kier molecular flexibility index (Phi) is 15.3. The predicted octanol–water partition coefficient (Wildman–Crippen LogP) is 6.66. The number of unbranched alkanes of at least 4 members (excludes halogenated alkanes) is 1. The number of aromatic carboxylic acids is 1. The zero-order valence-corrected chi connectivity index (χ0v) is 36.8. The lowest BCUT2D eigenvalue weighted by Crippen LogP contribution is -2.49. The van der Waals surface area contributed by atoms with Crippen LogP contribution in [0.3, 0.4) is 0 Å². The topological polar surface area (TPSA) is 204 Å². The van der Waals surface area contributed by atoms with Crippen LogP contribution in [-0.4, -0.2) is 86.2 Å². The Morgan fingerprint density at radius 1 is 0.908 bits per heavy atom. The third kappa shape index (κ3) is 11.6. The molecule has 4 heterocycles. The number of fused-ring (bicyclic) bond motifs is 1. The Morgan fingerprint density at radius 3 is 2.32 bits per heavy atom. The fourth-order valence-electron chi connectivity index (χ4n) is 7.79. The van der Waals surface area contributed by atoms with Crippen molar-refractivity contribution < 1.29 is 38.1 Å². The highest BCUT2D eigenvalue weighted by molar-refractivity contribution is 7.09. The second-order valence-corrected chi connectivity index (χ2v) is 16.8. The lowest BCUT2D eigenvalue weighted by atomic mass is 9.98. The highest BCUT2D eigenvalue weighted by atomic mass is 32.1. The molecule has 0 aliphatic carbocycles. The van der Waals surface area contributed by atoms with Crippen molar-refractivity contribution in [3.05, 3.63) is 146 Å². The van der Waals surface area contributed by atoms with Gasteiger partial charge in [-0.1, -0.05) is 65.9 Å². The largest absolute Gasteiger partial charge is 0.477 e. The van der Waals surface area contributed by atoms with E-state index < -0.39 is 47.0 Å². The zero-order valence-electron chi connectivity index (χ0n) is 35.9. The number of nitrogens with one attached hydrogen (secondary N) is 1. The molecule has 0 radical (unpaired) electrons. The Balaban J connectivity index is 0.938. The number of Topliss-reactive ketones (excluding diaryl/α,β-unsaturated/α-hetero) is 1. The van der Waals surface area contributed by atoms with Gasteiger partial charge in [0.25, 0.3) is 0 Å². The number of hydrogen-bond acceptors (Lipinski definition) is 12. The molecular formula is C47H51FN8O8S. The van der Waals surface area contributed by atoms with Crippen molar-refractivity contribution >= 4 is 51.9 Å². The molecule has 1 fully saturated rings. The smallest absolute Gasteiger partial charge is 0.410 e. The number of alkyl carbamates (subject to hydrolysis) is 1. The van der Waals surface area contributed by atoms with Crippen molar-refractivity contribution in [1.29, 1.82) is 0 Å². The Hall–Kier alpha value is -6.92. The third-order valence-electron chi connectivity index (χ3n) is 11.4.